The Morgan fingerprint density at radius 1 is 1.12 bits per heavy atom. The van der Waals surface area contributed by atoms with Crippen molar-refractivity contribution in [2.45, 2.75) is 57.2 Å². The molecule has 4 rings (SSSR count). The van der Waals surface area contributed by atoms with Crippen LogP contribution in [0.5, 0.6) is 5.75 Å². The number of allylic oxidation sites excluding steroid dienone is 1. The van der Waals surface area contributed by atoms with Gasteiger partial charge in [-0.15, -0.1) is 0 Å². The molecule has 8 nitrogen and oxygen atoms in total. The lowest BCUT2D eigenvalue weighted by Gasteiger charge is -2.28. The van der Waals surface area contributed by atoms with E-state index in [4.69, 9.17) is 31.8 Å². The Hall–Kier alpha value is -3.35. The molecule has 0 saturated heterocycles. The Kier molecular flexibility index (Phi) is 10.2. The second kappa shape index (κ2) is 13.8. The van der Waals surface area contributed by atoms with E-state index in [2.05, 4.69) is 25.1 Å². The predicted octanol–water partition coefficient (Wildman–Crippen LogP) is 5.42. The quantitative estimate of drug-likeness (QED) is 0.0831. The molecule has 0 radical (unpaired) electrons. The van der Waals surface area contributed by atoms with Crippen molar-refractivity contribution in [3.63, 3.8) is 0 Å². The second-order valence-electron chi connectivity index (χ2n) is 10.7. The summed E-state index contributed by atoms with van der Waals surface area (Å²) in [5, 5.41) is 1.45. The number of nitrogens with two attached hydrogens (primary N) is 3. The van der Waals surface area contributed by atoms with E-state index in [0.29, 0.717) is 11.4 Å². The molecule has 40 heavy (non-hydrogen) atoms. The molecular weight excluding hydrogens is 521 g/mol. The highest BCUT2D eigenvalue weighted by Crippen LogP contribution is 2.50. The van der Waals surface area contributed by atoms with E-state index in [0.717, 1.165) is 34.7 Å². The summed E-state index contributed by atoms with van der Waals surface area (Å²) in [6.45, 7) is 2.19. The van der Waals surface area contributed by atoms with Crippen LogP contribution in [-0.2, 0) is 9.53 Å². The number of esters is 1. The van der Waals surface area contributed by atoms with Crippen molar-refractivity contribution >= 4 is 25.7 Å². The number of methoxy groups -OCH3 is 1. The molecule has 0 heterocycles. The Labute approximate surface area is 239 Å². The summed E-state index contributed by atoms with van der Waals surface area (Å²) in [4.78, 5) is 17.5. The summed E-state index contributed by atoms with van der Waals surface area (Å²) < 4.78 is 11.4. The molecule has 9 heteroatoms. The number of hydrazine groups is 1. The number of aliphatic imine (C=N–C) groups is 1. The highest BCUT2D eigenvalue weighted by atomic mass is 31.1. The summed E-state index contributed by atoms with van der Waals surface area (Å²) in [5.41, 5.74) is 16.7. The first-order chi connectivity index (χ1) is 19.3. The monoisotopic (exact) mass is 563 g/mol. The first-order valence-corrected chi connectivity index (χ1v) is 15.0. The van der Waals surface area contributed by atoms with Crippen LogP contribution >= 0.6 is 8.58 Å². The van der Waals surface area contributed by atoms with Crippen LogP contribution in [0.3, 0.4) is 0 Å². The zero-order valence-electron chi connectivity index (χ0n) is 23.7. The van der Waals surface area contributed by atoms with E-state index in [9.17, 15) is 4.79 Å². The van der Waals surface area contributed by atoms with Crippen LogP contribution in [0.15, 0.2) is 77.2 Å². The van der Waals surface area contributed by atoms with Crippen molar-refractivity contribution in [3.05, 3.63) is 72.2 Å². The van der Waals surface area contributed by atoms with E-state index >= 15 is 0 Å². The SMILES string of the molecule is COC(=O)C(=CN)C(=Nc1cccc(-c2cccc(OC(C)C3CCCCC3)c2)c1)PC1C[C@H]1/C(N)=C/N(C)N. The third kappa shape index (κ3) is 7.86. The Morgan fingerprint density at radius 3 is 2.50 bits per heavy atom. The van der Waals surface area contributed by atoms with Gasteiger partial charge in [-0.2, -0.15) is 0 Å². The fourth-order valence-corrected chi connectivity index (χ4v) is 6.95. The van der Waals surface area contributed by atoms with Crippen molar-refractivity contribution in [2.75, 3.05) is 14.2 Å². The average Bonchev–Trinajstić information content (AvgIpc) is 3.73. The zero-order valence-corrected chi connectivity index (χ0v) is 24.7. The number of ether oxygens (including phenoxy) is 2. The topological polar surface area (TPSA) is 129 Å². The van der Waals surface area contributed by atoms with Crippen LogP contribution in [0.4, 0.5) is 5.69 Å². The molecule has 6 N–H and O–H groups in total. The van der Waals surface area contributed by atoms with Gasteiger partial charge in [0.25, 0.3) is 0 Å². The van der Waals surface area contributed by atoms with Gasteiger partial charge in [0.15, 0.2) is 0 Å². The lowest BCUT2D eigenvalue weighted by Crippen LogP contribution is -2.25. The van der Waals surface area contributed by atoms with Gasteiger partial charge in [0.2, 0.25) is 0 Å². The van der Waals surface area contributed by atoms with Crippen LogP contribution < -0.4 is 22.0 Å². The number of carbonyl (C=O) groups excluding carboxylic acids is 1. The lowest BCUT2D eigenvalue weighted by atomic mass is 9.86. The molecule has 0 bridgehead atoms. The largest absolute Gasteiger partial charge is 0.490 e. The van der Waals surface area contributed by atoms with Gasteiger partial charge in [-0.3, -0.25) is 0 Å². The molecule has 0 spiro atoms. The number of hydrogen-bond donors (Lipinski definition) is 3. The summed E-state index contributed by atoms with van der Waals surface area (Å²) >= 11 is 0. The van der Waals surface area contributed by atoms with Crippen molar-refractivity contribution in [3.8, 4) is 16.9 Å². The predicted molar refractivity (Wildman–Crippen MR) is 164 cm³/mol. The van der Waals surface area contributed by atoms with Gasteiger partial charge in [-0.25, -0.2) is 15.6 Å². The van der Waals surface area contributed by atoms with Gasteiger partial charge < -0.3 is 25.9 Å². The Morgan fingerprint density at radius 2 is 1.82 bits per heavy atom. The van der Waals surface area contributed by atoms with Crippen LogP contribution in [-0.4, -0.2) is 42.4 Å². The molecule has 0 aromatic heterocycles. The molecular formula is C31H42N5O3P. The Balaban J connectivity index is 1.56. The van der Waals surface area contributed by atoms with E-state index in [1.807, 2.05) is 30.3 Å². The average molecular weight is 564 g/mol. The minimum Gasteiger partial charge on any atom is -0.490 e. The maximum absolute atomic E-state index is 12.5. The van der Waals surface area contributed by atoms with Crippen LogP contribution in [0, 0.1) is 11.8 Å². The minimum absolute atomic E-state index is 0.190. The number of hydrogen-bond acceptors (Lipinski definition) is 8. The highest BCUT2D eigenvalue weighted by molar-refractivity contribution is 7.60. The minimum atomic E-state index is -0.510. The smallest absolute Gasteiger partial charge is 0.341 e. The van der Waals surface area contributed by atoms with Gasteiger partial charge in [0.1, 0.15) is 11.3 Å². The summed E-state index contributed by atoms with van der Waals surface area (Å²) in [5.74, 6) is 6.89. The molecule has 3 unspecified atom stereocenters. The summed E-state index contributed by atoms with van der Waals surface area (Å²) in [6, 6.07) is 16.2. The van der Waals surface area contributed by atoms with Crippen molar-refractivity contribution in [1.82, 2.24) is 5.01 Å². The molecule has 2 saturated carbocycles. The molecule has 2 aromatic rings. The van der Waals surface area contributed by atoms with E-state index in [-0.39, 0.29) is 31.8 Å². The van der Waals surface area contributed by atoms with Crippen molar-refractivity contribution < 1.29 is 14.3 Å². The number of benzene rings is 2. The van der Waals surface area contributed by atoms with Gasteiger partial charge in [0, 0.05) is 31.1 Å². The summed E-state index contributed by atoms with van der Waals surface area (Å²) in [7, 11) is 3.31. The molecule has 4 atom stereocenters. The standard InChI is InChI=1S/C31H42N5O3P/c1-20(21-9-5-4-6-10-21)39-25-14-8-12-23(16-25)22-11-7-13-24(15-22)35-30(27(18-32)31(37)38-3)40-29-17-26(29)28(33)19-36(2)34/h7-8,11-16,18-21,26,29,40H,4-6,9-10,17,32-34H2,1-3H3/b27-18?,28-19-,35-30?/t20?,26-,29?/m0/s1. The number of rotatable bonds is 11. The third-order valence-corrected chi connectivity index (χ3v) is 9.27. The molecule has 0 aliphatic heterocycles. The Bertz CT molecular complexity index is 1270. The van der Waals surface area contributed by atoms with Crippen LogP contribution in [0.2, 0.25) is 0 Å². The van der Waals surface area contributed by atoms with Gasteiger partial charge in [-0.05, 0) is 73.2 Å². The maximum Gasteiger partial charge on any atom is 0.341 e. The molecule has 2 fully saturated rings. The van der Waals surface area contributed by atoms with Gasteiger partial charge in [0.05, 0.1) is 24.4 Å². The molecule has 2 aromatic carbocycles. The summed E-state index contributed by atoms with van der Waals surface area (Å²) in [6.07, 6.45) is 10.5. The van der Waals surface area contributed by atoms with Gasteiger partial charge in [-0.1, -0.05) is 52.1 Å². The second-order valence-corrected chi connectivity index (χ2v) is 12.2. The fraction of sp³-hybridized carbons (Fsp3) is 0.419. The van der Waals surface area contributed by atoms with Crippen molar-refractivity contribution in [1.29, 1.82) is 0 Å². The molecule has 2 aliphatic carbocycles. The molecule has 2 aliphatic rings. The van der Waals surface area contributed by atoms with E-state index < -0.39 is 5.97 Å². The fourth-order valence-electron chi connectivity index (χ4n) is 5.30. The van der Waals surface area contributed by atoms with Crippen LogP contribution in [0.1, 0.15) is 45.4 Å². The third-order valence-electron chi connectivity index (χ3n) is 7.61. The van der Waals surface area contributed by atoms with E-state index in [1.54, 1.807) is 13.2 Å². The first-order valence-electron chi connectivity index (χ1n) is 14.0. The highest BCUT2D eigenvalue weighted by Gasteiger charge is 2.41. The number of carbonyl (C=O) groups is 1. The van der Waals surface area contributed by atoms with E-state index in [1.165, 1.54) is 50.4 Å². The lowest BCUT2D eigenvalue weighted by molar-refractivity contribution is -0.135. The van der Waals surface area contributed by atoms with Crippen molar-refractivity contribution in [2.24, 2.45) is 34.1 Å². The van der Waals surface area contributed by atoms with Gasteiger partial charge >= 0.3 is 5.97 Å². The maximum atomic E-state index is 12.5. The molecule has 0 amide bonds. The number of nitrogens with zero attached hydrogens (tertiary/aromatic N) is 2. The zero-order chi connectivity index (χ0) is 28.6. The first kappa shape index (κ1) is 29.6. The van der Waals surface area contributed by atoms with Crippen LogP contribution in [0.25, 0.3) is 11.1 Å². The normalized spacial score (nSPS) is 21.4. The molecule has 214 valence electrons.